The zero-order valence-electron chi connectivity index (χ0n) is 12.0. The molecule has 2 rings (SSSR count). The lowest BCUT2D eigenvalue weighted by atomic mass is 9.91. The van der Waals surface area contributed by atoms with Gasteiger partial charge in [-0.3, -0.25) is 4.79 Å². The van der Waals surface area contributed by atoms with Gasteiger partial charge in [0.2, 0.25) is 0 Å². The highest BCUT2D eigenvalue weighted by Gasteiger charge is 2.29. The number of aliphatic hydroxyl groups is 1. The number of hydrogen-bond acceptors (Lipinski definition) is 4. The minimum absolute atomic E-state index is 0.00576. The number of amides is 1. The molecule has 1 fully saturated rings. The van der Waals surface area contributed by atoms with E-state index in [0.29, 0.717) is 12.1 Å². The van der Waals surface area contributed by atoms with E-state index in [1.54, 1.807) is 17.2 Å². The molecule has 1 amide bonds. The van der Waals surface area contributed by atoms with Crippen molar-refractivity contribution in [3.63, 3.8) is 0 Å². The number of aliphatic hydroxyl groups excluding tert-OH is 1. The third kappa shape index (κ3) is 3.48. The molecule has 1 saturated carbocycles. The fourth-order valence-corrected chi connectivity index (χ4v) is 2.30. The van der Waals surface area contributed by atoms with Crippen molar-refractivity contribution in [1.29, 1.82) is 0 Å². The number of aromatic nitrogens is 1. The number of pyridine rings is 1. The number of rotatable bonds is 7. The summed E-state index contributed by atoms with van der Waals surface area (Å²) in [5.74, 6) is 0.763. The summed E-state index contributed by atoms with van der Waals surface area (Å²) >= 11 is 0. The molecule has 2 N–H and O–H groups in total. The summed E-state index contributed by atoms with van der Waals surface area (Å²) in [5.41, 5.74) is 0.590. The van der Waals surface area contributed by atoms with Crippen molar-refractivity contribution in [2.45, 2.75) is 38.6 Å². The maximum atomic E-state index is 12.4. The largest absolute Gasteiger partial charge is 0.395 e. The first kappa shape index (κ1) is 14.8. The van der Waals surface area contributed by atoms with Gasteiger partial charge in [-0.25, -0.2) is 4.98 Å². The van der Waals surface area contributed by atoms with E-state index < -0.39 is 0 Å². The Morgan fingerprint density at radius 1 is 1.50 bits per heavy atom. The van der Waals surface area contributed by atoms with Crippen molar-refractivity contribution >= 4 is 11.7 Å². The summed E-state index contributed by atoms with van der Waals surface area (Å²) in [6.45, 7) is 3.38. The molecule has 0 bridgehead atoms. The summed E-state index contributed by atoms with van der Waals surface area (Å²) in [6, 6.07) is 3.92. The van der Waals surface area contributed by atoms with Gasteiger partial charge in [-0.05, 0) is 37.8 Å². The van der Waals surface area contributed by atoms with Crippen LogP contribution in [-0.2, 0) is 0 Å². The zero-order valence-corrected chi connectivity index (χ0v) is 12.0. The summed E-state index contributed by atoms with van der Waals surface area (Å²) in [5, 5.41) is 12.3. The van der Waals surface area contributed by atoms with Gasteiger partial charge in [0.1, 0.15) is 5.82 Å². The number of carbonyl (C=O) groups is 1. The van der Waals surface area contributed by atoms with E-state index in [0.717, 1.165) is 38.0 Å². The van der Waals surface area contributed by atoms with Gasteiger partial charge in [-0.1, -0.05) is 6.92 Å². The molecule has 5 heteroatoms. The second-order valence-corrected chi connectivity index (χ2v) is 5.17. The van der Waals surface area contributed by atoms with Crippen molar-refractivity contribution in [3.8, 4) is 0 Å². The molecule has 20 heavy (non-hydrogen) atoms. The lowest BCUT2D eigenvalue weighted by Gasteiger charge is -2.37. The molecule has 0 unspecified atom stereocenters. The Bertz CT molecular complexity index is 429. The molecule has 0 atom stereocenters. The third-order valence-corrected chi connectivity index (χ3v) is 3.68. The Morgan fingerprint density at radius 2 is 2.30 bits per heavy atom. The van der Waals surface area contributed by atoms with E-state index in [9.17, 15) is 4.79 Å². The number of nitrogens with one attached hydrogen (secondary N) is 1. The van der Waals surface area contributed by atoms with Gasteiger partial charge in [-0.15, -0.1) is 0 Å². The van der Waals surface area contributed by atoms with E-state index in [2.05, 4.69) is 17.2 Å². The van der Waals surface area contributed by atoms with E-state index >= 15 is 0 Å². The highest BCUT2D eigenvalue weighted by atomic mass is 16.3. The lowest BCUT2D eigenvalue weighted by molar-refractivity contribution is 0.0525. The standard InChI is InChI=1S/C15H23N3O2/c1-2-8-16-14-7-6-12(11-17-14)15(20)18(9-10-19)13-4-3-5-13/h6-7,11,13,19H,2-5,8-10H2,1H3,(H,16,17). The summed E-state index contributed by atoms with van der Waals surface area (Å²) in [7, 11) is 0. The minimum atomic E-state index is -0.0294. The van der Waals surface area contributed by atoms with Crippen LogP contribution >= 0.6 is 0 Å². The van der Waals surface area contributed by atoms with Crippen LogP contribution in [0.4, 0.5) is 5.82 Å². The van der Waals surface area contributed by atoms with Gasteiger partial charge in [0.05, 0.1) is 12.2 Å². The van der Waals surface area contributed by atoms with Crippen molar-refractivity contribution < 1.29 is 9.90 Å². The SMILES string of the molecule is CCCNc1ccc(C(=O)N(CCO)C2CCC2)cn1. The Kier molecular flexibility index (Phi) is 5.35. The highest BCUT2D eigenvalue weighted by molar-refractivity contribution is 5.94. The van der Waals surface area contributed by atoms with Gasteiger partial charge in [-0.2, -0.15) is 0 Å². The Balaban J connectivity index is 2.02. The van der Waals surface area contributed by atoms with E-state index in [1.807, 2.05) is 6.07 Å². The van der Waals surface area contributed by atoms with Gasteiger partial charge < -0.3 is 15.3 Å². The molecule has 0 radical (unpaired) electrons. The van der Waals surface area contributed by atoms with E-state index in [4.69, 9.17) is 5.11 Å². The Hall–Kier alpha value is -1.62. The number of anilines is 1. The van der Waals surface area contributed by atoms with E-state index in [-0.39, 0.29) is 18.6 Å². The molecular weight excluding hydrogens is 254 g/mol. The maximum absolute atomic E-state index is 12.4. The molecule has 1 aliphatic rings. The first-order valence-corrected chi connectivity index (χ1v) is 7.38. The predicted octanol–water partition coefficient (Wildman–Crippen LogP) is 1.89. The molecule has 0 spiro atoms. The predicted molar refractivity (Wildman–Crippen MR) is 78.8 cm³/mol. The van der Waals surface area contributed by atoms with Gasteiger partial charge in [0, 0.05) is 25.3 Å². The molecule has 1 aliphatic carbocycles. The first-order chi connectivity index (χ1) is 9.76. The molecule has 5 nitrogen and oxygen atoms in total. The molecule has 110 valence electrons. The average molecular weight is 277 g/mol. The molecule has 1 aromatic rings. The van der Waals surface area contributed by atoms with Crippen LogP contribution in [0.15, 0.2) is 18.3 Å². The Morgan fingerprint density at radius 3 is 2.80 bits per heavy atom. The lowest BCUT2D eigenvalue weighted by Crippen LogP contribution is -2.45. The van der Waals surface area contributed by atoms with Crippen LogP contribution in [-0.4, -0.2) is 46.6 Å². The first-order valence-electron chi connectivity index (χ1n) is 7.38. The van der Waals surface area contributed by atoms with Crippen LogP contribution in [0.1, 0.15) is 43.0 Å². The van der Waals surface area contributed by atoms with Crippen LogP contribution in [0.5, 0.6) is 0 Å². The summed E-state index contributed by atoms with van der Waals surface area (Å²) < 4.78 is 0. The molecular formula is C15H23N3O2. The highest BCUT2D eigenvalue weighted by Crippen LogP contribution is 2.26. The third-order valence-electron chi connectivity index (χ3n) is 3.68. The van der Waals surface area contributed by atoms with Gasteiger partial charge >= 0.3 is 0 Å². The number of nitrogens with zero attached hydrogens (tertiary/aromatic N) is 2. The molecule has 0 saturated heterocycles. The maximum Gasteiger partial charge on any atom is 0.255 e. The monoisotopic (exact) mass is 277 g/mol. The van der Waals surface area contributed by atoms with Crippen LogP contribution in [0.2, 0.25) is 0 Å². The molecule has 1 aromatic heterocycles. The second-order valence-electron chi connectivity index (χ2n) is 5.17. The topological polar surface area (TPSA) is 65.5 Å². The smallest absolute Gasteiger partial charge is 0.255 e. The average Bonchev–Trinajstić information content (AvgIpc) is 2.42. The number of carbonyl (C=O) groups excluding carboxylic acids is 1. The fourth-order valence-electron chi connectivity index (χ4n) is 2.30. The quantitative estimate of drug-likeness (QED) is 0.799. The second kappa shape index (κ2) is 7.24. The normalized spacial score (nSPS) is 14.7. The molecule has 1 heterocycles. The van der Waals surface area contributed by atoms with Crippen LogP contribution in [0.3, 0.4) is 0 Å². The molecule has 0 aromatic carbocycles. The Labute approximate surface area is 120 Å². The van der Waals surface area contributed by atoms with Crippen molar-refractivity contribution in [3.05, 3.63) is 23.9 Å². The summed E-state index contributed by atoms with van der Waals surface area (Å²) in [4.78, 5) is 18.5. The fraction of sp³-hybridized carbons (Fsp3) is 0.600. The zero-order chi connectivity index (χ0) is 14.4. The van der Waals surface area contributed by atoms with Crippen LogP contribution in [0.25, 0.3) is 0 Å². The minimum Gasteiger partial charge on any atom is -0.395 e. The van der Waals surface area contributed by atoms with Crippen molar-refractivity contribution in [2.24, 2.45) is 0 Å². The van der Waals surface area contributed by atoms with Crippen LogP contribution < -0.4 is 5.32 Å². The van der Waals surface area contributed by atoms with Crippen molar-refractivity contribution in [1.82, 2.24) is 9.88 Å². The summed E-state index contributed by atoms with van der Waals surface area (Å²) in [6.07, 6.45) is 5.89. The molecule has 0 aliphatic heterocycles. The van der Waals surface area contributed by atoms with E-state index in [1.165, 1.54) is 0 Å². The van der Waals surface area contributed by atoms with Gasteiger partial charge in [0.15, 0.2) is 0 Å². The van der Waals surface area contributed by atoms with Gasteiger partial charge in [0.25, 0.3) is 5.91 Å². The van der Waals surface area contributed by atoms with Crippen molar-refractivity contribution in [2.75, 3.05) is 25.0 Å². The number of hydrogen-bond donors (Lipinski definition) is 2. The van der Waals surface area contributed by atoms with Crippen LogP contribution in [0, 0.1) is 0 Å².